The van der Waals surface area contributed by atoms with E-state index in [9.17, 15) is 19.2 Å². The van der Waals surface area contributed by atoms with Gasteiger partial charge in [-0.2, -0.15) is 5.10 Å². The monoisotopic (exact) mass is 422 g/mol. The minimum absolute atomic E-state index is 0.103. The smallest absolute Gasteiger partial charge is 0.262 e. The lowest BCUT2D eigenvalue weighted by atomic mass is 9.92. The first-order chi connectivity index (χ1) is 15.0. The van der Waals surface area contributed by atoms with E-state index in [2.05, 4.69) is 21.0 Å². The average Bonchev–Trinajstić information content (AvgIpc) is 3.33. The number of imide groups is 2. The first kappa shape index (κ1) is 19.6. The van der Waals surface area contributed by atoms with Gasteiger partial charge in [-0.3, -0.25) is 34.1 Å². The van der Waals surface area contributed by atoms with E-state index < -0.39 is 23.8 Å². The Bertz CT molecular complexity index is 1080. The third-order valence-electron chi connectivity index (χ3n) is 6.19. The second kappa shape index (κ2) is 7.40. The summed E-state index contributed by atoms with van der Waals surface area (Å²) in [6.07, 6.45) is 3.96. The summed E-state index contributed by atoms with van der Waals surface area (Å²) in [7, 11) is 0. The second-order valence-corrected chi connectivity index (χ2v) is 8.21. The predicted molar refractivity (Wildman–Crippen MR) is 108 cm³/mol. The summed E-state index contributed by atoms with van der Waals surface area (Å²) in [5, 5.41) is 13.3. The fourth-order valence-electron chi connectivity index (χ4n) is 4.40. The molecule has 1 aromatic heterocycles. The predicted octanol–water partition coefficient (Wildman–Crippen LogP) is -0.627. The molecule has 1 aromatic carbocycles. The van der Waals surface area contributed by atoms with Gasteiger partial charge in [-0.1, -0.05) is 6.07 Å². The highest BCUT2D eigenvalue weighted by atomic mass is 16.2. The Morgan fingerprint density at radius 1 is 1.13 bits per heavy atom. The van der Waals surface area contributed by atoms with Crippen LogP contribution in [-0.4, -0.2) is 64.0 Å². The largest absolute Gasteiger partial charge is 0.312 e. The van der Waals surface area contributed by atoms with Gasteiger partial charge < -0.3 is 10.6 Å². The molecule has 1 atom stereocenters. The van der Waals surface area contributed by atoms with Gasteiger partial charge in [-0.05, 0) is 30.2 Å². The molecular formula is C21H22N6O4. The fraction of sp³-hybridized carbons (Fsp3) is 0.381. The minimum atomic E-state index is -0.952. The number of nitrogens with zero attached hydrogens (tertiary/aromatic N) is 3. The Hall–Kier alpha value is -3.37. The number of aromatic nitrogens is 2. The van der Waals surface area contributed by atoms with Crippen molar-refractivity contribution in [3.8, 4) is 0 Å². The maximum Gasteiger partial charge on any atom is 0.262 e. The summed E-state index contributed by atoms with van der Waals surface area (Å²) in [5.74, 6) is -1.98. The first-order valence-electron chi connectivity index (χ1n) is 10.2. The van der Waals surface area contributed by atoms with Gasteiger partial charge in [0.15, 0.2) is 0 Å². The van der Waals surface area contributed by atoms with Crippen LogP contribution in [0.4, 0.5) is 0 Å². The Morgan fingerprint density at radius 2 is 1.94 bits per heavy atom. The molecular weight excluding hydrogens is 400 g/mol. The molecule has 5 rings (SSSR count). The number of carbonyl (C=O) groups is 4. The standard InChI is InChI=1S/C21H22N6O4/c28-17-5-4-16(18(29)25-17)27-19(30)14-3-2-13(8-15(14)20(27)31)9-22-10-21(11-23-12-21)26-7-1-6-24-26/h1-3,6-8,16,22-23H,4-5,9-12H2,(H,25,28,29). The number of hydrogen-bond acceptors (Lipinski definition) is 7. The number of fused-ring (bicyclic) bond motifs is 1. The van der Waals surface area contributed by atoms with Gasteiger partial charge in [0.05, 0.1) is 16.7 Å². The van der Waals surface area contributed by atoms with Crippen molar-refractivity contribution < 1.29 is 19.2 Å². The summed E-state index contributed by atoms with van der Waals surface area (Å²) in [4.78, 5) is 50.3. The zero-order valence-electron chi connectivity index (χ0n) is 16.8. The Morgan fingerprint density at radius 3 is 2.61 bits per heavy atom. The van der Waals surface area contributed by atoms with Gasteiger partial charge in [0, 0.05) is 45.0 Å². The van der Waals surface area contributed by atoms with Crippen molar-refractivity contribution in [2.45, 2.75) is 31.0 Å². The summed E-state index contributed by atoms with van der Waals surface area (Å²) >= 11 is 0. The zero-order valence-corrected chi connectivity index (χ0v) is 16.8. The average molecular weight is 422 g/mol. The number of piperidine rings is 1. The maximum absolute atomic E-state index is 12.9. The molecule has 0 radical (unpaired) electrons. The quantitative estimate of drug-likeness (QED) is 0.530. The molecule has 3 aliphatic rings. The van der Waals surface area contributed by atoms with E-state index in [4.69, 9.17) is 0 Å². The summed E-state index contributed by atoms with van der Waals surface area (Å²) < 4.78 is 1.96. The van der Waals surface area contributed by atoms with Gasteiger partial charge in [0.2, 0.25) is 11.8 Å². The molecule has 3 N–H and O–H groups in total. The summed E-state index contributed by atoms with van der Waals surface area (Å²) in [5.41, 5.74) is 1.33. The van der Waals surface area contributed by atoms with E-state index in [0.717, 1.165) is 23.6 Å². The zero-order chi connectivity index (χ0) is 21.6. The van der Waals surface area contributed by atoms with Crippen LogP contribution in [0.3, 0.4) is 0 Å². The minimum Gasteiger partial charge on any atom is -0.312 e. The number of nitrogens with one attached hydrogen (secondary N) is 3. The number of carbonyl (C=O) groups excluding carboxylic acids is 4. The Kier molecular flexibility index (Phi) is 4.67. The molecule has 160 valence electrons. The third-order valence-corrected chi connectivity index (χ3v) is 6.19. The molecule has 0 saturated carbocycles. The van der Waals surface area contributed by atoms with Crippen LogP contribution in [0, 0.1) is 0 Å². The van der Waals surface area contributed by atoms with Gasteiger partial charge >= 0.3 is 0 Å². The Labute approximate surface area is 178 Å². The molecule has 1 unspecified atom stereocenters. The molecule has 3 aliphatic heterocycles. The van der Waals surface area contributed by atoms with Crippen LogP contribution in [0.25, 0.3) is 0 Å². The topological polar surface area (TPSA) is 125 Å². The van der Waals surface area contributed by atoms with Crippen molar-refractivity contribution in [1.82, 2.24) is 30.6 Å². The summed E-state index contributed by atoms with van der Waals surface area (Å²) in [6, 6.07) is 6.09. The summed E-state index contributed by atoms with van der Waals surface area (Å²) in [6.45, 7) is 2.86. The van der Waals surface area contributed by atoms with Crippen LogP contribution in [-0.2, 0) is 21.7 Å². The molecule has 10 nitrogen and oxygen atoms in total. The van der Waals surface area contributed by atoms with E-state index in [1.165, 1.54) is 0 Å². The molecule has 0 spiro atoms. The molecule has 2 fully saturated rings. The van der Waals surface area contributed by atoms with E-state index >= 15 is 0 Å². The van der Waals surface area contributed by atoms with Crippen molar-refractivity contribution in [3.63, 3.8) is 0 Å². The molecule has 4 amide bonds. The van der Waals surface area contributed by atoms with Crippen LogP contribution >= 0.6 is 0 Å². The number of rotatable bonds is 6. The highest BCUT2D eigenvalue weighted by molar-refractivity contribution is 6.23. The van der Waals surface area contributed by atoms with Gasteiger partial charge in [0.1, 0.15) is 6.04 Å². The van der Waals surface area contributed by atoms with E-state index in [1.54, 1.807) is 18.3 Å². The lowest BCUT2D eigenvalue weighted by Crippen LogP contribution is -2.65. The molecule has 4 heterocycles. The third kappa shape index (κ3) is 3.24. The van der Waals surface area contributed by atoms with E-state index in [1.807, 2.05) is 23.0 Å². The SMILES string of the molecule is O=C1CCC(N2C(=O)c3ccc(CNCC4(n5cccn5)CNC4)cc3C2=O)C(=O)N1. The van der Waals surface area contributed by atoms with Crippen molar-refractivity contribution in [1.29, 1.82) is 0 Å². The molecule has 0 bridgehead atoms. The molecule has 10 heteroatoms. The van der Waals surface area contributed by atoms with Crippen LogP contribution in [0.2, 0.25) is 0 Å². The molecule has 31 heavy (non-hydrogen) atoms. The molecule has 2 saturated heterocycles. The highest BCUT2D eigenvalue weighted by Crippen LogP contribution is 2.28. The Balaban J connectivity index is 1.28. The van der Waals surface area contributed by atoms with Crippen LogP contribution in [0.15, 0.2) is 36.7 Å². The molecule has 2 aromatic rings. The fourth-order valence-corrected chi connectivity index (χ4v) is 4.40. The van der Waals surface area contributed by atoms with Crippen molar-refractivity contribution in [2.24, 2.45) is 0 Å². The van der Waals surface area contributed by atoms with Crippen molar-refractivity contribution in [3.05, 3.63) is 53.3 Å². The number of benzene rings is 1. The lowest BCUT2D eigenvalue weighted by molar-refractivity contribution is -0.136. The van der Waals surface area contributed by atoms with Gasteiger partial charge in [0.25, 0.3) is 11.8 Å². The van der Waals surface area contributed by atoms with Crippen molar-refractivity contribution >= 4 is 23.6 Å². The molecule has 0 aliphatic carbocycles. The highest BCUT2D eigenvalue weighted by Gasteiger charge is 2.44. The lowest BCUT2D eigenvalue weighted by Gasteiger charge is -2.43. The van der Waals surface area contributed by atoms with E-state index in [-0.39, 0.29) is 29.9 Å². The normalized spacial score (nSPS) is 22.3. The first-order valence-corrected chi connectivity index (χ1v) is 10.2. The van der Waals surface area contributed by atoms with Crippen LogP contribution in [0.5, 0.6) is 0 Å². The van der Waals surface area contributed by atoms with Gasteiger partial charge in [-0.15, -0.1) is 0 Å². The van der Waals surface area contributed by atoms with Crippen molar-refractivity contribution in [2.75, 3.05) is 19.6 Å². The number of hydrogen-bond donors (Lipinski definition) is 3. The maximum atomic E-state index is 12.9. The number of amides is 4. The van der Waals surface area contributed by atoms with Crippen LogP contribution in [0.1, 0.15) is 39.1 Å². The van der Waals surface area contributed by atoms with E-state index in [0.29, 0.717) is 18.7 Å². The van der Waals surface area contributed by atoms with Crippen LogP contribution < -0.4 is 16.0 Å². The second-order valence-electron chi connectivity index (χ2n) is 8.21. The van der Waals surface area contributed by atoms with Gasteiger partial charge in [-0.25, -0.2) is 0 Å².